The molecule has 146 valence electrons. The Kier molecular flexibility index (Phi) is 9.68. The largest absolute Gasteiger partial charge is 0.396 e. The van der Waals surface area contributed by atoms with Crippen LogP contribution in [0.25, 0.3) is 0 Å². The Hall–Kier alpha value is -2.09. The first kappa shape index (κ1) is 21.2. The van der Waals surface area contributed by atoms with Gasteiger partial charge in [0.15, 0.2) is 0 Å². The van der Waals surface area contributed by atoms with Gasteiger partial charge >= 0.3 is 0 Å². The SMILES string of the molecule is O=C1CCCC[C@H](/C=C/C(O)Cc2ccccc2)N1CC#CCCCCO. The highest BCUT2D eigenvalue weighted by Gasteiger charge is 2.23. The van der Waals surface area contributed by atoms with Crippen molar-refractivity contribution in [1.29, 1.82) is 0 Å². The van der Waals surface area contributed by atoms with E-state index in [1.807, 2.05) is 47.4 Å². The van der Waals surface area contributed by atoms with Crippen molar-refractivity contribution in [3.05, 3.63) is 48.0 Å². The molecule has 0 radical (unpaired) electrons. The van der Waals surface area contributed by atoms with Gasteiger partial charge in [-0.05, 0) is 31.2 Å². The van der Waals surface area contributed by atoms with Crippen LogP contribution >= 0.6 is 0 Å². The number of carbonyl (C=O) groups excluding carboxylic acids is 1. The number of unbranched alkanes of at least 4 members (excludes halogenated alkanes) is 2. The molecular weight excluding hydrogens is 338 g/mol. The lowest BCUT2D eigenvalue weighted by atomic mass is 10.0. The average Bonchev–Trinajstić information content (AvgIpc) is 2.85. The van der Waals surface area contributed by atoms with Gasteiger partial charge in [0, 0.05) is 25.9 Å². The molecule has 0 spiro atoms. The van der Waals surface area contributed by atoms with E-state index in [0.717, 1.165) is 44.1 Å². The summed E-state index contributed by atoms with van der Waals surface area (Å²) in [5, 5.41) is 19.1. The molecule has 0 saturated carbocycles. The number of hydrogen-bond acceptors (Lipinski definition) is 3. The van der Waals surface area contributed by atoms with Crippen molar-refractivity contribution in [1.82, 2.24) is 4.90 Å². The van der Waals surface area contributed by atoms with Crippen molar-refractivity contribution in [2.24, 2.45) is 0 Å². The molecular formula is C23H31NO3. The highest BCUT2D eigenvalue weighted by Crippen LogP contribution is 2.19. The van der Waals surface area contributed by atoms with Crippen molar-refractivity contribution in [2.45, 2.75) is 63.5 Å². The lowest BCUT2D eigenvalue weighted by Gasteiger charge is -2.26. The quantitative estimate of drug-likeness (QED) is 0.421. The number of rotatable bonds is 8. The van der Waals surface area contributed by atoms with E-state index in [1.165, 1.54) is 0 Å². The van der Waals surface area contributed by atoms with Crippen molar-refractivity contribution in [3.63, 3.8) is 0 Å². The lowest BCUT2D eigenvalue weighted by Crippen LogP contribution is -2.38. The van der Waals surface area contributed by atoms with E-state index in [2.05, 4.69) is 11.8 Å². The van der Waals surface area contributed by atoms with Crippen molar-refractivity contribution >= 4 is 5.91 Å². The van der Waals surface area contributed by atoms with Crippen LogP contribution in [0.2, 0.25) is 0 Å². The van der Waals surface area contributed by atoms with Gasteiger partial charge in [-0.1, -0.05) is 54.8 Å². The van der Waals surface area contributed by atoms with Crippen LogP contribution in [0, 0.1) is 11.8 Å². The van der Waals surface area contributed by atoms with Crippen LogP contribution in [0.3, 0.4) is 0 Å². The number of amides is 1. The standard InChI is InChI=1S/C23H31NO3/c25-18-10-3-1-2-9-17-24-21(13-7-8-14-23(24)27)15-16-22(26)19-20-11-5-4-6-12-20/h4-6,11-12,15-16,21-22,25-26H,1,3,7-8,10,13-14,17-19H2/b16-15+/t21-,22?/m1/s1. The maximum atomic E-state index is 12.5. The van der Waals surface area contributed by atoms with E-state index in [-0.39, 0.29) is 18.6 Å². The summed E-state index contributed by atoms with van der Waals surface area (Å²) in [6.07, 6.45) is 9.61. The Morgan fingerprint density at radius 1 is 1.19 bits per heavy atom. The Morgan fingerprint density at radius 3 is 2.78 bits per heavy atom. The second-order valence-electron chi connectivity index (χ2n) is 7.01. The molecule has 1 unspecified atom stereocenters. The highest BCUT2D eigenvalue weighted by molar-refractivity contribution is 5.77. The first-order valence-corrected chi connectivity index (χ1v) is 9.97. The topological polar surface area (TPSA) is 60.8 Å². The maximum absolute atomic E-state index is 12.5. The minimum absolute atomic E-state index is 0.00262. The molecule has 0 bridgehead atoms. The molecule has 1 fully saturated rings. The first-order chi connectivity index (χ1) is 13.2. The third-order valence-corrected chi connectivity index (χ3v) is 4.79. The van der Waals surface area contributed by atoms with Crippen LogP contribution in [0.15, 0.2) is 42.5 Å². The minimum atomic E-state index is -0.558. The number of aliphatic hydroxyl groups excluding tert-OH is 2. The summed E-state index contributed by atoms with van der Waals surface area (Å²) in [6.45, 7) is 0.631. The molecule has 1 saturated heterocycles. The van der Waals surface area contributed by atoms with E-state index < -0.39 is 6.10 Å². The van der Waals surface area contributed by atoms with E-state index in [9.17, 15) is 9.90 Å². The molecule has 1 heterocycles. The van der Waals surface area contributed by atoms with Crippen molar-refractivity contribution < 1.29 is 15.0 Å². The van der Waals surface area contributed by atoms with Crippen LogP contribution in [-0.4, -0.2) is 46.3 Å². The molecule has 1 aromatic carbocycles. The molecule has 0 aliphatic carbocycles. The van der Waals surface area contributed by atoms with Gasteiger partial charge in [-0.3, -0.25) is 4.79 Å². The molecule has 1 aromatic rings. The van der Waals surface area contributed by atoms with Gasteiger partial charge in [0.05, 0.1) is 18.7 Å². The molecule has 4 heteroatoms. The smallest absolute Gasteiger partial charge is 0.223 e. The Balaban J connectivity index is 1.94. The van der Waals surface area contributed by atoms with E-state index in [4.69, 9.17) is 5.11 Å². The molecule has 1 aliphatic heterocycles. The summed E-state index contributed by atoms with van der Waals surface area (Å²) in [7, 11) is 0. The lowest BCUT2D eigenvalue weighted by molar-refractivity contribution is -0.131. The molecule has 2 atom stereocenters. The predicted molar refractivity (Wildman–Crippen MR) is 108 cm³/mol. The fraction of sp³-hybridized carbons (Fsp3) is 0.522. The zero-order valence-electron chi connectivity index (χ0n) is 16.0. The fourth-order valence-corrected chi connectivity index (χ4v) is 3.25. The maximum Gasteiger partial charge on any atom is 0.223 e. The van der Waals surface area contributed by atoms with Crippen molar-refractivity contribution in [3.8, 4) is 11.8 Å². The second kappa shape index (κ2) is 12.3. The van der Waals surface area contributed by atoms with Crippen LogP contribution < -0.4 is 0 Å². The molecule has 1 amide bonds. The summed E-state index contributed by atoms with van der Waals surface area (Å²) >= 11 is 0. The first-order valence-electron chi connectivity index (χ1n) is 9.97. The Bertz CT molecular complexity index is 645. The fourth-order valence-electron chi connectivity index (χ4n) is 3.25. The predicted octanol–water partition coefficient (Wildman–Crippen LogP) is 3.08. The highest BCUT2D eigenvalue weighted by atomic mass is 16.3. The molecule has 4 nitrogen and oxygen atoms in total. The summed E-state index contributed by atoms with van der Waals surface area (Å²) in [6, 6.07) is 9.91. The van der Waals surface area contributed by atoms with Gasteiger partial charge in [0.25, 0.3) is 0 Å². The summed E-state index contributed by atoms with van der Waals surface area (Å²) in [4.78, 5) is 14.3. The van der Waals surface area contributed by atoms with E-state index >= 15 is 0 Å². The number of carbonyl (C=O) groups is 1. The number of likely N-dealkylation sites (tertiary alicyclic amines) is 1. The van der Waals surface area contributed by atoms with E-state index in [0.29, 0.717) is 19.4 Å². The van der Waals surface area contributed by atoms with Gasteiger partial charge < -0.3 is 15.1 Å². The van der Waals surface area contributed by atoms with Crippen LogP contribution in [0.5, 0.6) is 0 Å². The number of nitrogens with zero attached hydrogens (tertiary/aromatic N) is 1. The average molecular weight is 370 g/mol. The van der Waals surface area contributed by atoms with Gasteiger partial charge in [-0.2, -0.15) is 0 Å². The molecule has 1 aliphatic rings. The Morgan fingerprint density at radius 2 is 2.00 bits per heavy atom. The molecule has 2 rings (SSSR count). The van der Waals surface area contributed by atoms with Gasteiger partial charge in [-0.15, -0.1) is 5.92 Å². The summed E-state index contributed by atoms with van der Waals surface area (Å²) in [5.41, 5.74) is 1.09. The van der Waals surface area contributed by atoms with Gasteiger partial charge in [0.1, 0.15) is 0 Å². The van der Waals surface area contributed by atoms with E-state index in [1.54, 1.807) is 0 Å². The zero-order chi connectivity index (χ0) is 19.3. The second-order valence-corrected chi connectivity index (χ2v) is 7.01. The Labute approximate surface area is 162 Å². The van der Waals surface area contributed by atoms with Gasteiger partial charge in [-0.25, -0.2) is 0 Å². The van der Waals surface area contributed by atoms with Crippen molar-refractivity contribution in [2.75, 3.05) is 13.2 Å². The normalized spacial score (nSPS) is 18.8. The summed E-state index contributed by atoms with van der Waals surface area (Å²) < 4.78 is 0. The number of benzene rings is 1. The van der Waals surface area contributed by atoms with Crippen LogP contribution in [0.1, 0.15) is 50.5 Å². The summed E-state index contributed by atoms with van der Waals surface area (Å²) in [5.74, 6) is 6.35. The number of aliphatic hydroxyl groups is 2. The van der Waals surface area contributed by atoms with Crippen LogP contribution in [-0.2, 0) is 11.2 Å². The molecule has 27 heavy (non-hydrogen) atoms. The zero-order valence-corrected chi connectivity index (χ0v) is 16.0. The minimum Gasteiger partial charge on any atom is -0.396 e. The third kappa shape index (κ3) is 7.99. The molecule has 0 aromatic heterocycles. The van der Waals surface area contributed by atoms with Crippen LogP contribution in [0.4, 0.5) is 0 Å². The number of hydrogen-bond donors (Lipinski definition) is 2. The van der Waals surface area contributed by atoms with Gasteiger partial charge in [0.2, 0.25) is 5.91 Å². The monoisotopic (exact) mass is 369 g/mol. The molecule has 2 N–H and O–H groups in total. The third-order valence-electron chi connectivity index (χ3n) is 4.79.